The summed E-state index contributed by atoms with van der Waals surface area (Å²) in [7, 11) is 0. The molecule has 0 radical (unpaired) electrons. The van der Waals surface area contributed by atoms with Crippen LogP contribution in [0.2, 0.25) is 0 Å². The lowest BCUT2D eigenvalue weighted by molar-refractivity contribution is 0.451. The number of benzene rings is 1. The van der Waals surface area contributed by atoms with Gasteiger partial charge >= 0.3 is 0 Å². The van der Waals surface area contributed by atoms with E-state index < -0.39 is 0 Å². The van der Waals surface area contributed by atoms with Crippen molar-refractivity contribution < 1.29 is 4.42 Å². The Labute approximate surface area is 119 Å². The van der Waals surface area contributed by atoms with Gasteiger partial charge in [0.15, 0.2) is 0 Å². The van der Waals surface area contributed by atoms with Crippen LogP contribution < -0.4 is 5.73 Å². The van der Waals surface area contributed by atoms with E-state index in [-0.39, 0.29) is 11.3 Å². The number of halogens is 1. The van der Waals surface area contributed by atoms with Crippen LogP contribution >= 0.6 is 27.7 Å². The third-order valence-corrected chi connectivity index (χ3v) is 4.45. The Morgan fingerprint density at radius 2 is 2.33 bits per heavy atom. The van der Waals surface area contributed by atoms with Crippen molar-refractivity contribution in [2.45, 2.75) is 29.9 Å². The highest BCUT2D eigenvalue weighted by atomic mass is 79.9. The summed E-state index contributed by atoms with van der Waals surface area (Å²) in [6.07, 6.45) is 4.14. The van der Waals surface area contributed by atoms with Crippen molar-refractivity contribution in [2.24, 2.45) is 5.73 Å². The molecule has 0 aliphatic rings. The average Bonchev–Trinajstić information content (AvgIpc) is 2.88. The predicted molar refractivity (Wildman–Crippen MR) is 77.5 cm³/mol. The van der Waals surface area contributed by atoms with E-state index in [4.69, 9.17) is 10.2 Å². The van der Waals surface area contributed by atoms with E-state index in [0.29, 0.717) is 5.22 Å². The fourth-order valence-electron chi connectivity index (χ4n) is 1.68. The van der Waals surface area contributed by atoms with Gasteiger partial charge < -0.3 is 10.2 Å². The normalized spacial score (nSPS) is 14.4. The van der Waals surface area contributed by atoms with E-state index in [0.717, 1.165) is 10.9 Å². The van der Waals surface area contributed by atoms with Crippen LogP contribution in [0.4, 0.5) is 0 Å². The summed E-state index contributed by atoms with van der Waals surface area (Å²) in [6.45, 7) is 2.09. The first kappa shape index (κ1) is 13.6. The van der Waals surface area contributed by atoms with E-state index in [2.05, 4.69) is 40.0 Å². The Hall–Kier alpha value is -0.780. The van der Waals surface area contributed by atoms with Crippen LogP contribution in [-0.2, 0) is 0 Å². The summed E-state index contributed by atoms with van der Waals surface area (Å²) in [5.41, 5.74) is 7.39. The first-order chi connectivity index (χ1) is 8.70. The minimum absolute atomic E-state index is 0.0659. The van der Waals surface area contributed by atoms with Gasteiger partial charge in [0.05, 0.1) is 11.4 Å². The second-order valence-electron chi connectivity index (χ2n) is 3.96. The third-order valence-electron chi connectivity index (χ3n) is 2.67. The van der Waals surface area contributed by atoms with E-state index in [1.54, 1.807) is 24.2 Å². The molecule has 96 valence electrons. The lowest BCUT2D eigenvalue weighted by Gasteiger charge is -2.21. The Balaban J connectivity index is 2.25. The third kappa shape index (κ3) is 3.37. The van der Waals surface area contributed by atoms with E-state index in [9.17, 15) is 0 Å². The van der Waals surface area contributed by atoms with Crippen molar-refractivity contribution >= 4 is 27.7 Å². The Kier molecular flexibility index (Phi) is 4.86. The highest BCUT2D eigenvalue weighted by Crippen LogP contribution is 2.37. The number of oxazole rings is 1. The fourth-order valence-corrected chi connectivity index (χ4v) is 3.19. The van der Waals surface area contributed by atoms with Gasteiger partial charge in [0, 0.05) is 10.5 Å². The number of thioether (sulfide) groups is 1. The molecule has 0 aliphatic carbocycles. The van der Waals surface area contributed by atoms with Crippen LogP contribution in [0.1, 0.15) is 24.2 Å². The second kappa shape index (κ2) is 6.41. The van der Waals surface area contributed by atoms with Crippen molar-refractivity contribution in [1.29, 1.82) is 0 Å². The molecule has 1 heterocycles. The molecule has 2 aromatic rings. The number of nitrogens with two attached hydrogens (primary N) is 1. The molecule has 18 heavy (non-hydrogen) atoms. The molecule has 2 N–H and O–H groups in total. The summed E-state index contributed by atoms with van der Waals surface area (Å²) < 4.78 is 6.35. The van der Waals surface area contributed by atoms with Gasteiger partial charge in [0.1, 0.15) is 6.26 Å². The molecule has 0 saturated carbocycles. The molecule has 2 atom stereocenters. The largest absolute Gasteiger partial charge is 0.440 e. The monoisotopic (exact) mass is 326 g/mol. The van der Waals surface area contributed by atoms with Crippen LogP contribution in [0.3, 0.4) is 0 Å². The zero-order chi connectivity index (χ0) is 13.0. The van der Waals surface area contributed by atoms with Gasteiger partial charge in [0.2, 0.25) is 0 Å². The van der Waals surface area contributed by atoms with E-state index in [1.807, 2.05) is 12.1 Å². The maximum absolute atomic E-state index is 6.21. The molecule has 1 aromatic carbocycles. The van der Waals surface area contributed by atoms with Crippen LogP contribution in [0, 0.1) is 0 Å². The smallest absolute Gasteiger partial charge is 0.256 e. The van der Waals surface area contributed by atoms with Gasteiger partial charge in [-0.15, -0.1) is 0 Å². The molecule has 5 heteroatoms. The zero-order valence-electron chi connectivity index (χ0n) is 10.0. The molecular weight excluding hydrogens is 312 g/mol. The highest BCUT2D eigenvalue weighted by molar-refractivity contribution is 9.10. The summed E-state index contributed by atoms with van der Waals surface area (Å²) in [5.74, 6) is 0. The fraction of sp³-hybridized carbons (Fsp3) is 0.308. The van der Waals surface area contributed by atoms with Crippen LogP contribution in [0.25, 0.3) is 0 Å². The van der Waals surface area contributed by atoms with E-state index >= 15 is 0 Å². The Bertz CT molecular complexity index is 489. The molecule has 2 rings (SSSR count). The van der Waals surface area contributed by atoms with Crippen molar-refractivity contribution in [2.75, 3.05) is 0 Å². The number of rotatable bonds is 5. The number of nitrogens with zero attached hydrogens (tertiary/aromatic N) is 1. The number of hydrogen-bond donors (Lipinski definition) is 1. The van der Waals surface area contributed by atoms with Crippen molar-refractivity contribution in [3.8, 4) is 0 Å². The highest BCUT2D eigenvalue weighted by Gasteiger charge is 2.22. The maximum atomic E-state index is 6.21. The first-order valence-corrected chi connectivity index (χ1v) is 7.45. The maximum Gasteiger partial charge on any atom is 0.256 e. The SMILES string of the molecule is CCC(N)C(Sc1ncco1)c1cccc(Br)c1. The molecule has 0 spiro atoms. The quantitative estimate of drug-likeness (QED) is 0.843. The molecule has 1 aromatic heterocycles. The topological polar surface area (TPSA) is 52.0 Å². The van der Waals surface area contributed by atoms with Gasteiger partial charge in [-0.05, 0) is 24.1 Å². The van der Waals surface area contributed by atoms with Gasteiger partial charge in [-0.3, -0.25) is 0 Å². The zero-order valence-corrected chi connectivity index (χ0v) is 12.4. The Morgan fingerprint density at radius 1 is 1.50 bits per heavy atom. The van der Waals surface area contributed by atoms with Crippen LogP contribution in [0.15, 0.2) is 50.8 Å². The minimum Gasteiger partial charge on any atom is -0.440 e. The Morgan fingerprint density at radius 3 is 2.94 bits per heavy atom. The summed E-state index contributed by atoms with van der Waals surface area (Å²) in [6, 6.07) is 8.27. The van der Waals surface area contributed by atoms with Gasteiger partial charge in [0.25, 0.3) is 5.22 Å². The van der Waals surface area contributed by atoms with Crippen molar-refractivity contribution in [3.63, 3.8) is 0 Å². The van der Waals surface area contributed by atoms with Crippen molar-refractivity contribution in [1.82, 2.24) is 4.98 Å². The first-order valence-electron chi connectivity index (χ1n) is 5.78. The van der Waals surface area contributed by atoms with Crippen molar-refractivity contribution in [3.05, 3.63) is 46.8 Å². The molecule has 0 saturated heterocycles. The van der Waals surface area contributed by atoms with Gasteiger partial charge in [-0.25, -0.2) is 4.98 Å². The lowest BCUT2D eigenvalue weighted by Crippen LogP contribution is -2.25. The summed E-state index contributed by atoms with van der Waals surface area (Å²) >= 11 is 5.06. The van der Waals surface area contributed by atoms with Gasteiger partial charge in [-0.2, -0.15) is 0 Å². The standard InChI is InChI=1S/C13H15BrN2OS/c1-2-11(15)12(18-13-16-6-7-17-13)9-4-3-5-10(14)8-9/h3-8,11-12H,2,15H2,1H3. The molecule has 0 amide bonds. The molecule has 3 nitrogen and oxygen atoms in total. The number of hydrogen-bond acceptors (Lipinski definition) is 4. The second-order valence-corrected chi connectivity index (χ2v) is 5.97. The lowest BCUT2D eigenvalue weighted by atomic mass is 10.0. The molecule has 0 fully saturated rings. The van der Waals surface area contributed by atoms with Gasteiger partial charge in [-0.1, -0.05) is 46.7 Å². The molecule has 0 aliphatic heterocycles. The van der Waals surface area contributed by atoms with Crippen LogP contribution in [-0.4, -0.2) is 11.0 Å². The predicted octanol–water partition coefficient (Wildman–Crippen LogP) is 4.01. The number of aromatic nitrogens is 1. The summed E-state index contributed by atoms with van der Waals surface area (Å²) in [5, 5.41) is 0.801. The van der Waals surface area contributed by atoms with Crippen LogP contribution in [0.5, 0.6) is 0 Å². The average molecular weight is 327 g/mol. The van der Waals surface area contributed by atoms with E-state index in [1.165, 1.54) is 5.56 Å². The molecule has 0 bridgehead atoms. The summed E-state index contributed by atoms with van der Waals surface area (Å²) in [4.78, 5) is 4.15. The minimum atomic E-state index is 0.0659. The molecule has 2 unspecified atom stereocenters. The molecular formula is C13H15BrN2OS.